The molecule has 7 rings (SSSR count). The van der Waals surface area contributed by atoms with Crippen molar-refractivity contribution >= 4 is 23.1 Å². The number of hydrogen-bond donors (Lipinski definition) is 0. The van der Waals surface area contributed by atoms with Gasteiger partial charge in [-0.15, -0.1) is 5.23 Å². The standard InChI is InChI=1S/C28H27N5O4/c34-27-32(22-9-11-23(12-10-22)33-35-20-36-33)19-28(37-27)13-16-30(17-14-28)18-24-26(21-6-2-1-3-7-21)29-25-8-4-5-15-31(24)25/h1-12,15H,13-14,16-20H2. The van der Waals surface area contributed by atoms with E-state index in [0.717, 1.165) is 60.8 Å². The van der Waals surface area contributed by atoms with Crippen molar-refractivity contribution in [3.63, 3.8) is 0 Å². The van der Waals surface area contributed by atoms with Crippen LogP contribution in [0.15, 0.2) is 79.0 Å². The van der Waals surface area contributed by atoms with Crippen molar-refractivity contribution in [1.29, 1.82) is 0 Å². The van der Waals surface area contributed by atoms with Crippen LogP contribution in [0.25, 0.3) is 16.9 Å². The van der Waals surface area contributed by atoms with Crippen LogP contribution in [0.3, 0.4) is 0 Å². The van der Waals surface area contributed by atoms with Crippen molar-refractivity contribution in [2.24, 2.45) is 0 Å². The Balaban J connectivity index is 1.06. The molecule has 0 aliphatic carbocycles. The predicted molar refractivity (Wildman–Crippen MR) is 138 cm³/mol. The molecule has 4 aromatic rings. The number of anilines is 2. The fraction of sp³-hybridized carbons (Fsp3) is 0.286. The molecule has 0 bridgehead atoms. The van der Waals surface area contributed by atoms with Gasteiger partial charge in [-0.3, -0.25) is 9.80 Å². The molecule has 2 aromatic carbocycles. The third-order valence-electron chi connectivity index (χ3n) is 7.50. The summed E-state index contributed by atoms with van der Waals surface area (Å²) in [5, 5.41) is 1.36. The predicted octanol–water partition coefficient (Wildman–Crippen LogP) is 4.63. The van der Waals surface area contributed by atoms with E-state index in [-0.39, 0.29) is 12.9 Å². The van der Waals surface area contributed by atoms with E-state index >= 15 is 0 Å². The molecule has 188 valence electrons. The molecule has 0 saturated carbocycles. The fourth-order valence-corrected chi connectivity index (χ4v) is 5.45. The first kappa shape index (κ1) is 22.3. The number of ether oxygens (including phenoxy) is 1. The van der Waals surface area contributed by atoms with Gasteiger partial charge in [-0.2, -0.15) is 0 Å². The van der Waals surface area contributed by atoms with Crippen molar-refractivity contribution in [2.45, 2.75) is 25.0 Å². The molecule has 1 spiro atoms. The highest BCUT2D eigenvalue weighted by atomic mass is 17.1. The summed E-state index contributed by atoms with van der Waals surface area (Å²) in [7, 11) is 0. The SMILES string of the molecule is O=C1OC2(CCN(Cc3c(-c4ccccc4)nc4ccccn34)CC2)CN1c1ccc(N2OCO2)cc1. The van der Waals surface area contributed by atoms with Crippen molar-refractivity contribution in [3.8, 4) is 11.3 Å². The highest BCUT2D eigenvalue weighted by Gasteiger charge is 2.47. The molecule has 0 N–H and O–H groups in total. The van der Waals surface area contributed by atoms with Gasteiger partial charge in [0, 0.05) is 49.9 Å². The van der Waals surface area contributed by atoms with E-state index in [0.29, 0.717) is 6.54 Å². The summed E-state index contributed by atoms with van der Waals surface area (Å²) in [6.45, 7) is 3.28. The maximum absolute atomic E-state index is 12.8. The van der Waals surface area contributed by atoms with Gasteiger partial charge in [0.25, 0.3) is 0 Å². The van der Waals surface area contributed by atoms with Crippen LogP contribution in [0.2, 0.25) is 0 Å². The number of likely N-dealkylation sites (tertiary alicyclic amines) is 1. The summed E-state index contributed by atoms with van der Waals surface area (Å²) in [5.74, 6) is 0. The van der Waals surface area contributed by atoms with Crippen LogP contribution in [0.1, 0.15) is 18.5 Å². The molecule has 3 saturated heterocycles. The lowest BCUT2D eigenvalue weighted by Crippen LogP contribution is -2.46. The van der Waals surface area contributed by atoms with Gasteiger partial charge in [-0.05, 0) is 36.4 Å². The molecule has 1 amide bonds. The van der Waals surface area contributed by atoms with Crippen LogP contribution >= 0.6 is 0 Å². The number of pyridine rings is 1. The minimum Gasteiger partial charge on any atom is -0.441 e. The van der Waals surface area contributed by atoms with E-state index in [9.17, 15) is 4.79 Å². The third kappa shape index (κ3) is 4.01. The first-order chi connectivity index (χ1) is 18.2. The van der Waals surface area contributed by atoms with E-state index in [1.807, 2.05) is 60.7 Å². The van der Waals surface area contributed by atoms with Crippen LogP contribution in [0.4, 0.5) is 16.2 Å². The van der Waals surface area contributed by atoms with Gasteiger partial charge in [0.1, 0.15) is 11.2 Å². The molecule has 5 heterocycles. The smallest absolute Gasteiger partial charge is 0.415 e. The average molecular weight is 498 g/mol. The molecule has 2 aromatic heterocycles. The van der Waals surface area contributed by atoms with Gasteiger partial charge in [0.2, 0.25) is 6.79 Å². The van der Waals surface area contributed by atoms with Crippen LogP contribution in [0, 0.1) is 0 Å². The summed E-state index contributed by atoms with van der Waals surface area (Å²) in [6, 6.07) is 24.0. The maximum atomic E-state index is 12.8. The van der Waals surface area contributed by atoms with E-state index in [4.69, 9.17) is 19.4 Å². The zero-order chi connectivity index (χ0) is 24.8. The number of hydrogen-bond acceptors (Lipinski definition) is 7. The molecular weight excluding hydrogens is 470 g/mol. The number of aromatic nitrogens is 2. The van der Waals surface area contributed by atoms with E-state index < -0.39 is 5.60 Å². The molecule has 37 heavy (non-hydrogen) atoms. The molecule has 0 atom stereocenters. The number of fused-ring (bicyclic) bond motifs is 1. The Labute approximate surface area is 214 Å². The molecule has 3 aliphatic heterocycles. The Bertz CT molecular complexity index is 1430. The quantitative estimate of drug-likeness (QED) is 0.398. The molecule has 9 heteroatoms. The normalized spacial score (nSPS) is 19.4. The van der Waals surface area contributed by atoms with Crippen LogP contribution in [0.5, 0.6) is 0 Å². The minimum absolute atomic E-state index is 0.255. The van der Waals surface area contributed by atoms with E-state index in [1.165, 1.54) is 10.9 Å². The molecule has 3 fully saturated rings. The van der Waals surface area contributed by atoms with Crippen molar-refractivity contribution in [3.05, 3.63) is 84.7 Å². The number of imidazole rings is 1. The summed E-state index contributed by atoms with van der Waals surface area (Å²) in [6.07, 6.45) is 3.38. The lowest BCUT2D eigenvalue weighted by Gasteiger charge is -2.37. The Morgan fingerprint density at radius 1 is 0.865 bits per heavy atom. The molecular formula is C28H27N5O4. The number of amides is 1. The van der Waals surface area contributed by atoms with Gasteiger partial charge in [0.05, 0.1) is 23.6 Å². The largest absolute Gasteiger partial charge is 0.441 e. The van der Waals surface area contributed by atoms with Gasteiger partial charge < -0.3 is 9.14 Å². The Morgan fingerprint density at radius 2 is 1.59 bits per heavy atom. The Morgan fingerprint density at radius 3 is 2.32 bits per heavy atom. The lowest BCUT2D eigenvalue weighted by molar-refractivity contribution is -0.277. The topological polar surface area (TPSA) is 71.8 Å². The van der Waals surface area contributed by atoms with E-state index in [2.05, 4.69) is 27.6 Å². The average Bonchev–Trinajstić information content (AvgIpc) is 3.43. The van der Waals surface area contributed by atoms with E-state index in [1.54, 1.807) is 4.90 Å². The van der Waals surface area contributed by atoms with Gasteiger partial charge in [-0.25, -0.2) is 19.5 Å². The summed E-state index contributed by atoms with van der Waals surface area (Å²) in [4.78, 5) is 32.3. The highest BCUT2D eigenvalue weighted by molar-refractivity contribution is 5.90. The first-order valence-corrected chi connectivity index (χ1v) is 12.6. The first-order valence-electron chi connectivity index (χ1n) is 12.6. The number of rotatable bonds is 5. The molecule has 0 unspecified atom stereocenters. The Kier molecular flexibility index (Phi) is 5.35. The maximum Gasteiger partial charge on any atom is 0.415 e. The highest BCUT2D eigenvalue weighted by Crippen LogP contribution is 2.37. The van der Waals surface area contributed by atoms with Crippen molar-refractivity contribution in [1.82, 2.24) is 14.3 Å². The number of carbonyl (C=O) groups excluding carboxylic acids is 1. The monoisotopic (exact) mass is 497 g/mol. The van der Waals surface area contributed by atoms with Gasteiger partial charge in [-0.1, -0.05) is 36.4 Å². The Hall–Kier alpha value is -3.92. The second-order valence-corrected chi connectivity index (χ2v) is 9.76. The minimum atomic E-state index is -0.461. The fourth-order valence-electron chi connectivity index (χ4n) is 5.45. The van der Waals surface area contributed by atoms with Gasteiger partial charge >= 0.3 is 6.09 Å². The lowest BCUT2D eigenvalue weighted by atomic mass is 9.91. The second-order valence-electron chi connectivity index (χ2n) is 9.76. The van der Waals surface area contributed by atoms with Crippen LogP contribution in [-0.2, 0) is 21.0 Å². The number of piperidine rings is 1. The van der Waals surface area contributed by atoms with Crippen molar-refractivity contribution < 1.29 is 19.2 Å². The van der Waals surface area contributed by atoms with Crippen LogP contribution < -0.4 is 10.1 Å². The number of carbonyl (C=O) groups is 1. The summed E-state index contributed by atoms with van der Waals surface area (Å²) in [5.41, 5.74) is 5.40. The second kappa shape index (κ2) is 8.88. The zero-order valence-corrected chi connectivity index (χ0v) is 20.3. The summed E-state index contributed by atoms with van der Waals surface area (Å²) < 4.78 is 8.18. The zero-order valence-electron chi connectivity index (χ0n) is 20.3. The third-order valence-corrected chi connectivity index (χ3v) is 7.50. The van der Waals surface area contributed by atoms with Crippen LogP contribution in [-0.4, -0.2) is 52.4 Å². The molecule has 3 aliphatic rings. The van der Waals surface area contributed by atoms with Gasteiger partial charge in [0.15, 0.2) is 0 Å². The van der Waals surface area contributed by atoms with Crippen molar-refractivity contribution in [2.75, 3.05) is 36.6 Å². The molecule has 9 nitrogen and oxygen atoms in total. The number of nitrogens with zero attached hydrogens (tertiary/aromatic N) is 5. The molecule has 0 radical (unpaired) electrons. The number of benzene rings is 2. The summed E-state index contributed by atoms with van der Waals surface area (Å²) >= 11 is 0.